The van der Waals surface area contributed by atoms with Crippen LogP contribution >= 0.6 is 11.3 Å². The van der Waals surface area contributed by atoms with Crippen molar-refractivity contribution in [2.45, 2.75) is 50.7 Å². The fraction of sp³-hybridized carbons (Fsp3) is 0.667. The molecule has 16 heavy (non-hydrogen) atoms. The quantitative estimate of drug-likeness (QED) is 0.790. The second-order valence-electron chi connectivity index (χ2n) is 4.83. The third-order valence-corrected chi connectivity index (χ3v) is 4.80. The number of hydrogen-bond acceptors (Lipinski definition) is 4. The lowest BCUT2D eigenvalue weighted by Gasteiger charge is -2.37. The number of carbonyl (C=O) groups excluding carboxylic acids is 1. The van der Waals surface area contributed by atoms with Crippen LogP contribution in [0.5, 0.6) is 0 Å². The molecule has 2 bridgehead atoms. The van der Waals surface area contributed by atoms with Crippen molar-refractivity contribution < 1.29 is 4.79 Å². The largest absolute Gasteiger partial charge is 0.300 e. The Bertz CT molecular complexity index is 374. The van der Waals surface area contributed by atoms with E-state index in [1.807, 2.05) is 11.6 Å². The summed E-state index contributed by atoms with van der Waals surface area (Å²) in [5, 5.41) is 3.22. The first kappa shape index (κ1) is 10.4. The topological polar surface area (TPSA) is 33.2 Å². The van der Waals surface area contributed by atoms with Gasteiger partial charge in [-0.25, -0.2) is 4.98 Å². The molecule has 2 fully saturated rings. The first-order chi connectivity index (χ1) is 7.75. The van der Waals surface area contributed by atoms with Crippen LogP contribution in [0.1, 0.15) is 43.7 Å². The number of aromatic nitrogens is 1. The maximum atomic E-state index is 11.5. The van der Waals surface area contributed by atoms with Crippen LogP contribution in [-0.2, 0) is 4.79 Å². The summed E-state index contributed by atoms with van der Waals surface area (Å²) in [5.74, 6) is 0.454. The van der Waals surface area contributed by atoms with E-state index in [0.29, 0.717) is 23.9 Å². The minimum absolute atomic E-state index is 0.380. The zero-order valence-electron chi connectivity index (χ0n) is 9.43. The second-order valence-corrected chi connectivity index (χ2v) is 5.75. The van der Waals surface area contributed by atoms with Crippen molar-refractivity contribution >= 4 is 17.1 Å². The van der Waals surface area contributed by atoms with Gasteiger partial charge in [-0.1, -0.05) is 0 Å². The van der Waals surface area contributed by atoms with E-state index in [-0.39, 0.29) is 0 Å². The fourth-order valence-corrected chi connectivity index (χ4v) is 3.91. The fourth-order valence-electron chi connectivity index (χ4n) is 3.21. The average molecular weight is 236 g/mol. The Kier molecular flexibility index (Phi) is 2.56. The lowest BCUT2D eigenvalue weighted by atomic mass is 9.99. The number of fused-ring (bicyclic) bond motifs is 2. The molecule has 2 aliphatic rings. The monoisotopic (exact) mass is 236 g/mol. The molecular formula is C12H16N2OS. The predicted molar refractivity (Wildman–Crippen MR) is 63.4 cm³/mol. The number of hydrogen-bond donors (Lipinski definition) is 0. The normalized spacial score (nSPS) is 31.9. The Morgan fingerprint density at radius 1 is 1.44 bits per heavy atom. The molecule has 3 heterocycles. The van der Waals surface area contributed by atoms with Crippen LogP contribution < -0.4 is 0 Å². The highest BCUT2D eigenvalue weighted by molar-refractivity contribution is 7.09. The average Bonchev–Trinajstić information content (AvgIpc) is 2.85. The number of Topliss-reactive ketones (excluding diaryl/α,β-unsaturated/α-hetero) is 1. The summed E-state index contributed by atoms with van der Waals surface area (Å²) in [6.45, 7) is 2.22. The van der Waals surface area contributed by atoms with E-state index in [2.05, 4.69) is 16.8 Å². The number of ketones is 1. The molecule has 1 aromatic rings. The van der Waals surface area contributed by atoms with Gasteiger partial charge in [0.15, 0.2) is 0 Å². The molecule has 0 aliphatic carbocycles. The van der Waals surface area contributed by atoms with Crippen LogP contribution in [0.3, 0.4) is 0 Å². The summed E-state index contributed by atoms with van der Waals surface area (Å²) in [6, 6.07) is 1.33. The van der Waals surface area contributed by atoms with Crippen LogP contribution in [0.2, 0.25) is 0 Å². The molecular weight excluding hydrogens is 220 g/mol. The van der Waals surface area contributed by atoms with Crippen molar-refractivity contribution in [2.24, 2.45) is 0 Å². The number of piperidine rings is 1. The van der Waals surface area contributed by atoms with E-state index in [1.54, 1.807) is 11.3 Å². The van der Waals surface area contributed by atoms with Gasteiger partial charge in [0.2, 0.25) is 0 Å². The van der Waals surface area contributed by atoms with Crippen molar-refractivity contribution in [3.8, 4) is 0 Å². The van der Waals surface area contributed by atoms with Gasteiger partial charge in [0.05, 0.1) is 6.04 Å². The summed E-state index contributed by atoms with van der Waals surface area (Å²) < 4.78 is 0. The number of nitrogens with zero attached hydrogens (tertiary/aromatic N) is 2. The summed E-state index contributed by atoms with van der Waals surface area (Å²) in [5.41, 5.74) is 0. The molecule has 0 aromatic carbocycles. The molecule has 3 rings (SSSR count). The van der Waals surface area contributed by atoms with Gasteiger partial charge < -0.3 is 0 Å². The highest BCUT2D eigenvalue weighted by Gasteiger charge is 2.42. The van der Waals surface area contributed by atoms with Crippen LogP contribution in [0, 0.1) is 0 Å². The molecule has 4 heteroatoms. The Hall–Kier alpha value is -0.740. The lowest BCUT2D eigenvalue weighted by Crippen LogP contribution is -2.44. The van der Waals surface area contributed by atoms with Crippen molar-refractivity contribution in [1.29, 1.82) is 0 Å². The Balaban J connectivity index is 1.83. The van der Waals surface area contributed by atoms with Crippen LogP contribution in [0.4, 0.5) is 0 Å². The summed E-state index contributed by atoms with van der Waals surface area (Å²) in [6.07, 6.45) is 5.75. The van der Waals surface area contributed by atoms with Crippen molar-refractivity contribution in [2.75, 3.05) is 0 Å². The first-order valence-electron chi connectivity index (χ1n) is 5.94. The minimum atomic E-state index is 0.380. The third kappa shape index (κ3) is 1.60. The third-order valence-electron chi connectivity index (χ3n) is 3.86. The predicted octanol–water partition coefficient (Wildman–Crippen LogP) is 2.40. The number of rotatable bonds is 2. The molecule has 0 amide bonds. The number of carbonyl (C=O) groups is 1. The van der Waals surface area contributed by atoms with Gasteiger partial charge in [-0.2, -0.15) is 0 Å². The van der Waals surface area contributed by atoms with Gasteiger partial charge in [0, 0.05) is 36.5 Å². The van der Waals surface area contributed by atoms with Crippen LogP contribution in [-0.4, -0.2) is 27.8 Å². The van der Waals surface area contributed by atoms with E-state index in [1.165, 1.54) is 17.8 Å². The van der Waals surface area contributed by atoms with Gasteiger partial charge in [0.1, 0.15) is 10.8 Å². The smallest absolute Gasteiger partial charge is 0.136 e. The van der Waals surface area contributed by atoms with Gasteiger partial charge in [-0.15, -0.1) is 11.3 Å². The summed E-state index contributed by atoms with van der Waals surface area (Å²) in [7, 11) is 0. The maximum absolute atomic E-state index is 11.5. The summed E-state index contributed by atoms with van der Waals surface area (Å²) >= 11 is 1.72. The number of thiazole rings is 1. The van der Waals surface area contributed by atoms with Crippen LogP contribution in [0.15, 0.2) is 11.6 Å². The molecule has 0 spiro atoms. The summed E-state index contributed by atoms with van der Waals surface area (Å²) in [4.78, 5) is 18.5. The molecule has 3 nitrogen and oxygen atoms in total. The van der Waals surface area contributed by atoms with E-state index in [4.69, 9.17) is 0 Å². The molecule has 0 saturated carbocycles. The molecule has 0 N–H and O–H groups in total. The van der Waals surface area contributed by atoms with Gasteiger partial charge in [-0.05, 0) is 19.8 Å². The highest BCUT2D eigenvalue weighted by Crippen LogP contribution is 2.40. The van der Waals surface area contributed by atoms with Crippen molar-refractivity contribution in [3.63, 3.8) is 0 Å². The second kappa shape index (κ2) is 3.93. The standard InChI is InChI=1S/C12H16N2OS/c1-8(12-13-4-5-16-12)14-9-2-3-10(14)7-11(15)6-9/h4-5,8-10H,2-3,6-7H2,1H3. The minimum Gasteiger partial charge on any atom is -0.300 e. The Labute approximate surface area is 99.5 Å². The highest BCUT2D eigenvalue weighted by atomic mass is 32.1. The molecule has 2 aliphatic heterocycles. The maximum Gasteiger partial charge on any atom is 0.136 e. The molecule has 3 atom stereocenters. The van der Waals surface area contributed by atoms with E-state index in [0.717, 1.165) is 12.8 Å². The molecule has 86 valence electrons. The molecule has 0 radical (unpaired) electrons. The Morgan fingerprint density at radius 3 is 2.69 bits per heavy atom. The van der Waals surface area contributed by atoms with Gasteiger partial charge in [0.25, 0.3) is 0 Å². The van der Waals surface area contributed by atoms with E-state index < -0.39 is 0 Å². The van der Waals surface area contributed by atoms with Crippen molar-refractivity contribution in [3.05, 3.63) is 16.6 Å². The molecule has 1 aromatic heterocycles. The first-order valence-corrected chi connectivity index (χ1v) is 6.82. The van der Waals surface area contributed by atoms with Gasteiger partial charge >= 0.3 is 0 Å². The van der Waals surface area contributed by atoms with Crippen molar-refractivity contribution in [1.82, 2.24) is 9.88 Å². The van der Waals surface area contributed by atoms with E-state index >= 15 is 0 Å². The zero-order valence-corrected chi connectivity index (χ0v) is 10.2. The SMILES string of the molecule is CC(c1nccs1)N1C2CCC1CC(=O)C2. The van der Waals surface area contributed by atoms with Crippen LogP contribution in [0.25, 0.3) is 0 Å². The molecule has 2 saturated heterocycles. The molecule has 3 unspecified atom stereocenters. The van der Waals surface area contributed by atoms with Gasteiger partial charge in [-0.3, -0.25) is 9.69 Å². The lowest BCUT2D eigenvalue weighted by molar-refractivity contribution is -0.124. The zero-order chi connectivity index (χ0) is 11.1. The Morgan fingerprint density at radius 2 is 2.12 bits per heavy atom. The van der Waals surface area contributed by atoms with E-state index in [9.17, 15) is 4.79 Å².